The van der Waals surface area contributed by atoms with E-state index in [1.165, 1.54) is 38.5 Å². The van der Waals surface area contributed by atoms with Gasteiger partial charge in [-0.2, -0.15) is 0 Å². The smallest absolute Gasteiger partial charge is 0.344 e. The predicted octanol–water partition coefficient (Wildman–Crippen LogP) is 8.62. The molecule has 0 rings (SSSR count). The number of hydrogen-bond donors (Lipinski definition) is 0. The lowest BCUT2D eigenvalue weighted by Gasteiger charge is -2.40. The molecule has 0 aromatic rings. The summed E-state index contributed by atoms with van der Waals surface area (Å²) in [4.78, 5) is 0. The summed E-state index contributed by atoms with van der Waals surface area (Å²) < 4.78 is 6.74. The number of rotatable bonds is 14. The van der Waals surface area contributed by atoms with Crippen LogP contribution in [0.25, 0.3) is 0 Å². The van der Waals surface area contributed by atoms with Crippen molar-refractivity contribution in [2.45, 2.75) is 103 Å². The van der Waals surface area contributed by atoms with Gasteiger partial charge < -0.3 is 4.12 Å². The Hall–Kier alpha value is 1.22. The van der Waals surface area contributed by atoms with E-state index in [0.717, 1.165) is 19.3 Å². The number of unbranched alkanes of at least 4 members (excludes halogenated alkanes) is 6. The lowest BCUT2D eigenvalue weighted by molar-refractivity contribution is 0.534. The number of hydrogen-bond acceptors (Lipinski definition) is 1. The monoisotopic (exact) mass is 460 g/mol. The van der Waals surface area contributed by atoms with Gasteiger partial charge in [0, 0.05) is 5.16 Å². The molecule has 25 heavy (non-hydrogen) atoms. The fourth-order valence-electron chi connectivity index (χ4n) is 3.34. The van der Waals surface area contributed by atoms with Crippen molar-refractivity contribution in [2.24, 2.45) is 0 Å². The molecular formula is C18H39Cl3OSi3. The van der Waals surface area contributed by atoms with Gasteiger partial charge >= 0.3 is 6.00 Å². The van der Waals surface area contributed by atoms with Gasteiger partial charge in [-0.05, 0) is 45.5 Å². The number of halogens is 3. The molecule has 0 radical (unpaired) electrons. The lowest BCUT2D eigenvalue weighted by atomic mass is 10.2. The summed E-state index contributed by atoms with van der Waals surface area (Å²) in [5.74, 6) is 0. The highest BCUT2D eigenvalue weighted by Crippen LogP contribution is 2.45. The molecule has 0 aliphatic carbocycles. The second-order valence-corrected chi connectivity index (χ2v) is 25.9. The zero-order valence-electron chi connectivity index (χ0n) is 17.1. The third-order valence-corrected chi connectivity index (χ3v) is 20.3. The summed E-state index contributed by atoms with van der Waals surface area (Å²) in [6.45, 7) is 13.5. The van der Waals surface area contributed by atoms with Crippen molar-refractivity contribution in [3.8, 4) is 0 Å². The van der Waals surface area contributed by atoms with Crippen LogP contribution < -0.4 is 0 Å². The zero-order chi connectivity index (χ0) is 19.6. The Kier molecular flexibility index (Phi) is 13.3. The van der Waals surface area contributed by atoms with Gasteiger partial charge in [-0.3, -0.25) is 0 Å². The first-order chi connectivity index (χ1) is 11.5. The molecule has 0 aliphatic heterocycles. The Morgan fingerprint density at radius 1 is 0.840 bits per heavy atom. The molecule has 1 unspecified atom stereocenters. The largest absolute Gasteiger partial charge is 0.452 e. The molecule has 0 N–H and O–H groups in total. The molecule has 0 spiro atoms. The molecule has 0 aromatic carbocycles. The minimum absolute atomic E-state index is 0.168. The fraction of sp³-hybridized carbons (Fsp3) is 0.889. The first-order valence-electron chi connectivity index (χ1n) is 9.91. The fourth-order valence-corrected chi connectivity index (χ4v) is 23.5. The van der Waals surface area contributed by atoms with Gasteiger partial charge in [0.1, 0.15) is 0 Å². The molecule has 0 aliphatic rings. The van der Waals surface area contributed by atoms with Crippen LogP contribution in [0.3, 0.4) is 0 Å². The molecule has 150 valence electrons. The van der Waals surface area contributed by atoms with Crippen LogP contribution in [0, 0.1) is 0 Å². The van der Waals surface area contributed by atoms with E-state index in [1.54, 1.807) is 0 Å². The van der Waals surface area contributed by atoms with Crippen molar-refractivity contribution in [1.29, 1.82) is 0 Å². The third-order valence-electron chi connectivity index (χ3n) is 4.60. The Balaban J connectivity index is 4.80. The van der Waals surface area contributed by atoms with E-state index >= 15 is 0 Å². The molecule has 0 fully saturated rings. The maximum Gasteiger partial charge on any atom is 0.344 e. The Bertz CT molecular complexity index is 382. The highest BCUT2D eigenvalue weighted by molar-refractivity contribution is 7.66. The first kappa shape index (κ1) is 26.2. The Morgan fingerprint density at radius 3 is 1.92 bits per heavy atom. The van der Waals surface area contributed by atoms with Crippen LogP contribution in [0.2, 0.25) is 31.4 Å². The van der Waals surface area contributed by atoms with E-state index in [9.17, 15) is 0 Å². The van der Waals surface area contributed by atoms with E-state index in [0.29, 0.717) is 0 Å². The first-order valence-corrected chi connectivity index (χ1v) is 21.0. The van der Waals surface area contributed by atoms with Crippen molar-refractivity contribution in [3.05, 3.63) is 11.8 Å². The van der Waals surface area contributed by atoms with Gasteiger partial charge in [0.15, 0.2) is 16.6 Å². The van der Waals surface area contributed by atoms with E-state index in [2.05, 4.69) is 51.8 Å². The number of allylic oxidation sites excluding steroid dienone is 1. The molecule has 1 nitrogen and oxygen atoms in total. The minimum atomic E-state index is -2.77. The van der Waals surface area contributed by atoms with E-state index < -0.39 is 22.6 Å². The normalized spacial score (nSPS) is 15.1. The van der Waals surface area contributed by atoms with E-state index in [4.69, 9.17) is 37.4 Å². The van der Waals surface area contributed by atoms with Gasteiger partial charge in [0.2, 0.25) is 0 Å². The Labute approximate surface area is 174 Å². The summed E-state index contributed by atoms with van der Waals surface area (Å²) in [6.07, 6.45) is 13.2. The van der Waals surface area contributed by atoms with Crippen molar-refractivity contribution < 1.29 is 4.12 Å². The minimum Gasteiger partial charge on any atom is -0.452 e. The van der Waals surface area contributed by atoms with Gasteiger partial charge in [-0.1, -0.05) is 64.1 Å². The predicted molar refractivity (Wildman–Crippen MR) is 125 cm³/mol. The maximum atomic E-state index is 6.74. The summed E-state index contributed by atoms with van der Waals surface area (Å²) in [6, 6.07) is -2.77. The highest BCUT2D eigenvalue weighted by Gasteiger charge is 2.50. The molecule has 0 amide bonds. The van der Waals surface area contributed by atoms with Crippen LogP contribution in [0.15, 0.2) is 11.8 Å². The molecule has 7 heteroatoms. The quantitative estimate of drug-likeness (QED) is 0.143. The summed E-state index contributed by atoms with van der Waals surface area (Å²) in [7, 11) is -3.93. The average molecular weight is 462 g/mol. The van der Waals surface area contributed by atoms with Crippen molar-refractivity contribution in [3.63, 3.8) is 0 Å². The standard InChI is InChI=1S/C18H39Cl3OSi3/c1-7-9-11-12-13-15-17-23(3,4)22-24(5,6)18(25(19,20)21)16-14-10-8-2/h15,17-18H,7-14,16H2,1-6H3/b17-15+. The van der Waals surface area contributed by atoms with Crippen molar-refractivity contribution in [2.75, 3.05) is 0 Å². The molecule has 0 aromatic heterocycles. The van der Waals surface area contributed by atoms with E-state index in [-0.39, 0.29) is 5.16 Å². The third kappa shape index (κ3) is 12.3. The van der Waals surface area contributed by atoms with Crippen LogP contribution in [0.1, 0.15) is 71.6 Å². The Morgan fingerprint density at radius 2 is 1.40 bits per heavy atom. The van der Waals surface area contributed by atoms with Crippen LogP contribution in [0.5, 0.6) is 0 Å². The van der Waals surface area contributed by atoms with Gasteiger partial charge in [0.05, 0.1) is 0 Å². The van der Waals surface area contributed by atoms with Crippen LogP contribution in [-0.2, 0) is 4.12 Å². The van der Waals surface area contributed by atoms with Crippen LogP contribution >= 0.6 is 33.2 Å². The zero-order valence-corrected chi connectivity index (χ0v) is 22.4. The topological polar surface area (TPSA) is 9.23 Å². The van der Waals surface area contributed by atoms with Gasteiger partial charge in [0.25, 0.3) is 0 Å². The summed E-state index contributed by atoms with van der Waals surface area (Å²) >= 11 is 19.5. The second-order valence-electron chi connectivity index (χ2n) is 8.15. The lowest BCUT2D eigenvalue weighted by Crippen LogP contribution is -2.51. The highest BCUT2D eigenvalue weighted by atomic mass is 35.8. The molecule has 0 saturated heterocycles. The van der Waals surface area contributed by atoms with Crippen LogP contribution in [0.4, 0.5) is 0 Å². The van der Waals surface area contributed by atoms with Gasteiger partial charge in [-0.25, -0.2) is 0 Å². The molecular weight excluding hydrogens is 423 g/mol. The molecule has 0 heterocycles. The molecule has 1 atom stereocenters. The van der Waals surface area contributed by atoms with Crippen molar-refractivity contribution in [1.82, 2.24) is 0 Å². The second kappa shape index (κ2) is 12.6. The maximum absolute atomic E-state index is 6.74. The average Bonchev–Trinajstić information content (AvgIpc) is 2.44. The summed E-state index contributed by atoms with van der Waals surface area (Å²) in [5, 5.41) is 0.168. The summed E-state index contributed by atoms with van der Waals surface area (Å²) in [5.41, 5.74) is 2.34. The SMILES string of the molecule is CCCCCC/C=C/[Si](C)(C)O[Si](C)(C)C(CCCCC)[Si](Cl)(Cl)Cl. The van der Waals surface area contributed by atoms with Crippen LogP contribution in [-0.4, -0.2) is 22.6 Å². The molecule has 0 saturated carbocycles. The molecule has 0 bridgehead atoms. The van der Waals surface area contributed by atoms with Gasteiger partial charge in [-0.15, -0.1) is 33.2 Å². The van der Waals surface area contributed by atoms with E-state index in [1.807, 2.05) is 0 Å². The van der Waals surface area contributed by atoms with Crippen molar-refractivity contribution >= 4 is 55.9 Å².